The monoisotopic (exact) mass is 298 g/mol. The van der Waals surface area contributed by atoms with Gasteiger partial charge in [0.25, 0.3) is 0 Å². The minimum Gasteiger partial charge on any atom is -0.481 e. The molecule has 5 heteroatoms. The average Bonchev–Trinajstić information content (AvgIpc) is 2.48. The van der Waals surface area contributed by atoms with Gasteiger partial charge in [-0.05, 0) is 63.2 Å². The van der Waals surface area contributed by atoms with Crippen LogP contribution in [0.15, 0.2) is 0 Å². The Bertz CT molecular complexity index is 318. The molecule has 0 atom stereocenters. The summed E-state index contributed by atoms with van der Waals surface area (Å²) >= 11 is 0. The first-order chi connectivity index (χ1) is 10.1. The molecule has 0 bridgehead atoms. The second-order valence-corrected chi connectivity index (χ2v) is 6.65. The van der Waals surface area contributed by atoms with Gasteiger partial charge in [0.05, 0.1) is 11.8 Å². The molecule has 0 heterocycles. The van der Waals surface area contributed by atoms with Crippen LogP contribution in [0.1, 0.15) is 51.4 Å². The van der Waals surface area contributed by atoms with Crippen molar-refractivity contribution in [2.24, 2.45) is 23.7 Å². The Morgan fingerprint density at radius 1 is 0.714 bits per heavy atom. The molecule has 2 aliphatic rings. The lowest BCUT2D eigenvalue weighted by molar-refractivity contribution is -0.144. The number of ether oxygens (including phenoxy) is 1. The predicted octanol–water partition coefficient (Wildman–Crippen LogP) is 2.79. The summed E-state index contributed by atoms with van der Waals surface area (Å²) in [6, 6.07) is 0. The normalized spacial score (nSPS) is 33.5. The van der Waals surface area contributed by atoms with Crippen molar-refractivity contribution in [2.45, 2.75) is 51.4 Å². The summed E-state index contributed by atoms with van der Waals surface area (Å²) in [6.07, 6.45) is 6.87. The molecule has 2 N–H and O–H groups in total. The van der Waals surface area contributed by atoms with E-state index in [9.17, 15) is 9.59 Å². The first-order valence-corrected chi connectivity index (χ1v) is 8.09. The van der Waals surface area contributed by atoms with Crippen LogP contribution in [-0.2, 0) is 14.3 Å². The van der Waals surface area contributed by atoms with Crippen LogP contribution in [0.4, 0.5) is 0 Å². The maximum atomic E-state index is 10.9. The van der Waals surface area contributed by atoms with Crippen LogP contribution in [0.25, 0.3) is 0 Å². The smallest absolute Gasteiger partial charge is 0.306 e. The van der Waals surface area contributed by atoms with E-state index in [1.807, 2.05) is 0 Å². The van der Waals surface area contributed by atoms with Gasteiger partial charge in [-0.1, -0.05) is 0 Å². The van der Waals surface area contributed by atoms with Crippen molar-refractivity contribution in [3.05, 3.63) is 0 Å². The highest BCUT2D eigenvalue weighted by Crippen LogP contribution is 2.31. The molecule has 2 saturated carbocycles. The van der Waals surface area contributed by atoms with E-state index in [-0.39, 0.29) is 11.8 Å². The van der Waals surface area contributed by atoms with E-state index in [0.717, 1.165) is 64.6 Å². The van der Waals surface area contributed by atoms with E-state index in [2.05, 4.69) is 0 Å². The molecule has 2 fully saturated rings. The van der Waals surface area contributed by atoms with Crippen LogP contribution in [0.2, 0.25) is 0 Å². The van der Waals surface area contributed by atoms with Gasteiger partial charge in [0.1, 0.15) is 0 Å². The zero-order valence-corrected chi connectivity index (χ0v) is 12.5. The molecule has 21 heavy (non-hydrogen) atoms. The standard InChI is InChI=1S/C16H26O5/c17-15(18)13-5-1-11(2-6-13)9-21-10-12-3-7-14(8-4-12)16(19)20/h11-14H,1-10H2,(H,17,18)(H,19,20). The van der Waals surface area contributed by atoms with Gasteiger partial charge in [-0.25, -0.2) is 0 Å². The van der Waals surface area contributed by atoms with Crippen LogP contribution >= 0.6 is 0 Å². The van der Waals surface area contributed by atoms with Crippen LogP contribution in [0.3, 0.4) is 0 Å². The number of carboxylic acids is 2. The Morgan fingerprint density at radius 3 is 1.33 bits per heavy atom. The van der Waals surface area contributed by atoms with Gasteiger partial charge in [0.15, 0.2) is 0 Å². The van der Waals surface area contributed by atoms with Gasteiger partial charge < -0.3 is 14.9 Å². The molecule has 2 aliphatic carbocycles. The third-order valence-electron chi connectivity index (χ3n) is 5.10. The Labute approximate surface area is 125 Å². The lowest BCUT2D eigenvalue weighted by atomic mass is 9.82. The molecule has 5 nitrogen and oxygen atoms in total. The zero-order chi connectivity index (χ0) is 15.2. The third kappa shape index (κ3) is 4.99. The first-order valence-electron chi connectivity index (χ1n) is 8.09. The zero-order valence-electron chi connectivity index (χ0n) is 12.5. The van der Waals surface area contributed by atoms with Crippen molar-refractivity contribution >= 4 is 11.9 Å². The van der Waals surface area contributed by atoms with Gasteiger partial charge in [0.2, 0.25) is 0 Å². The molecule has 0 unspecified atom stereocenters. The number of hydrogen-bond donors (Lipinski definition) is 2. The maximum Gasteiger partial charge on any atom is 0.306 e. The number of aliphatic carboxylic acids is 2. The molecule has 120 valence electrons. The average molecular weight is 298 g/mol. The number of carboxylic acid groups (broad SMARTS) is 2. The quantitative estimate of drug-likeness (QED) is 0.787. The maximum absolute atomic E-state index is 10.9. The minimum absolute atomic E-state index is 0.160. The summed E-state index contributed by atoms with van der Waals surface area (Å²) in [5.41, 5.74) is 0. The minimum atomic E-state index is -0.662. The molecular weight excluding hydrogens is 272 g/mol. The fourth-order valence-corrected chi connectivity index (χ4v) is 3.55. The first kappa shape index (κ1) is 16.3. The van der Waals surface area contributed by atoms with Crippen molar-refractivity contribution in [2.75, 3.05) is 13.2 Å². The van der Waals surface area contributed by atoms with Crippen LogP contribution in [-0.4, -0.2) is 35.4 Å². The van der Waals surface area contributed by atoms with E-state index in [4.69, 9.17) is 14.9 Å². The third-order valence-corrected chi connectivity index (χ3v) is 5.10. The Kier molecular flexibility index (Phi) is 6.03. The van der Waals surface area contributed by atoms with E-state index in [1.165, 1.54) is 0 Å². The molecule has 0 saturated heterocycles. The molecule has 0 aromatic carbocycles. The lowest BCUT2D eigenvalue weighted by Gasteiger charge is -2.28. The van der Waals surface area contributed by atoms with Gasteiger partial charge in [-0.15, -0.1) is 0 Å². The molecule has 2 rings (SSSR count). The Morgan fingerprint density at radius 2 is 1.05 bits per heavy atom. The molecule has 0 aliphatic heterocycles. The highest BCUT2D eigenvalue weighted by Gasteiger charge is 2.28. The summed E-state index contributed by atoms with van der Waals surface area (Å²) in [7, 11) is 0. The molecule has 0 aromatic rings. The fourth-order valence-electron chi connectivity index (χ4n) is 3.55. The van der Waals surface area contributed by atoms with Gasteiger partial charge in [0, 0.05) is 13.2 Å². The van der Waals surface area contributed by atoms with E-state index < -0.39 is 11.9 Å². The molecule has 0 radical (unpaired) electrons. The number of rotatable bonds is 6. The summed E-state index contributed by atoms with van der Waals surface area (Å²) in [5.74, 6) is -0.652. The van der Waals surface area contributed by atoms with Crippen LogP contribution in [0.5, 0.6) is 0 Å². The summed E-state index contributed by atoms with van der Waals surface area (Å²) in [5, 5.41) is 17.9. The summed E-state index contributed by atoms with van der Waals surface area (Å²) in [6.45, 7) is 1.45. The lowest BCUT2D eigenvalue weighted by Crippen LogP contribution is -2.26. The van der Waals surface area contributed by atoms with E-state index >= 15 is 0 Å². The second kappa shape index (κ2) is 7.78. The molecule has 0 aromatic heterocycles. The van der Waals surface area contributed by atoms with E-state index in [1.54, 1.807) is 0 Å². The topological polar surface area (TPSA) is 83.8 Å². The van der Waals surface area contributed by atoms with Crippen molar-refractivity contribution in [3.8, 4) is 0 Å². The summed E-state index contributed by atoms with van der Waals surface area (Å²) < 4.78 is 5.81. The number of hydrogen-bond acceptors (Lipinski definition) is 3. The Balaban J connectivity index is 1.57. The summed E-state index contributed by atoms with van der Waals surface area (Å²) in [4.78, 5) is 21.8. The van der Waals surface area contributed by atoms with Crippen molar-refractivity contribution in [1.29, 1.82) is 0 Å². The van der Waals surface area contributed by atoms with Gasteiger partial charge in [-0.3, -0.25) is 9.59 Å². The Hall–Kier alpha value is -1.10. The molecular formula is C16H26O5. The molecule has 0 amide bonds. The largest absolute Gasteiger partial charge is 0.481 e. The van der Waals surface area contributed by atoms with Crippen molar-refractivity contribution in [3.63, 3.8) is 0 Å². The fraction of sp³-hybridized carbons (Fsp3) is 0.875. The van der Waals surface area contributed by atoms with Crippen molar-refractivity contribution < 1.29 is 24.5 Å². The predicted molar refractivity (Wildman–Crippen MR) is 77.0 cm³/mol. The van der Waals surface area contributed by atoms with Crippen LogP contribution in [0, 0.1) is 23.7 Å². The van der Waals surface area contributed by atoms with Gasteiger partial charge in [-0.2, -0.15) is 0 Å². The van der Waals surface area contributed by atoms with Crippen LogP contribution < -0.4 is 0 Å². The highest BCUT2D eigenvalue weighted by molar-refractivity contribution is 5.70. The van der Waals surface area contributed by atoms with E-state index in [0.29, 0.717) is 11.8 Å². The SMILES string of the molecule is O=C(O)C1CCC(COCC2CCC(C(=O)O)CC2)CC1. The van der Waals surface area contributed by atoms with Gasteiger partial charge >= 0.3 is 11.9 Å². The number of carbonyl (C=O) groups is 2. The van der Waals surface area contributed by atoms with Crippen molar-refractivity contribution in [1.82, 2.24) is 0 Å². The highest BCUT2D eigenvalue weighted by atomic mass is 16.5. The molecule has 0 spiro atoms. The second-order valence-electron chi connectivity index (χ2n) is 6.65.